The van der Waals surface area contributed by atoms with Gasteiger partial charge in [0.15, 0.2) is 0 Å². The fourth-order valence-corrected chi connectivity index (χ4v) is 5.92. The van der Waals surface area contributed by atoms with Crippen LogP contribution in [-0.4, -0.2) is 23.1 Å². The van der Waals surface area contributed by atoms with Crippen LogP contribution >= 0.6 is 0 Å². The first-order chi connectivity index (χ1) is 15.1. The normalized spacial score (nSPS) is 30.1. The first kappa shape index (κ1) is 18.6. The van der Waals surface area contributed by atoms with E-state index in [4.69, 9.17) is 4.74 Å². The molecule has 2 aromatic carbocycles. The summed E-state index contributed by atoms with van der Waals surface area (Å²) >= 11 is 0. The first-order valence-electron chi connectivity index (χ1n) is 10.5. The highest BCUT2D eigenvalue weighted by Gasteiger charge is 2.85. The molecule has 2 saturated heterocycles. The van der Waals surface area contributed by atoms with Crippen molar-refractivity contribution >= 4 is 11.6 Å². The van der Waals surface area contributed by atoms with Gasteiger partial charge in [0.2, 0.25) is 5.91 Å². The number of rotatable bonds is 4. The number of fused-ring (bicyclic) bond motifs is 5. The van der Waals surface area contributed by atoms with Gasteiger partial charge < -0.3 is 10.1 Å². The van der Waals surface area contributed by atoms with Gasteiger partial charge in [0, 0.05) is 34.6 Å². The minimum Gasteiger partial charge on any atom is -0.373 e. The maximum Gasteiger partial charge on any atom is 0.234 e. The van der Waals surface area contributed by atoms with E-state index in [1.165, 1.54) is 24.3 Å². The van der Waals surface area contributed by atoms with Crippen molar-refractivity contribution < 1.29 is 18.3 Å². The van der Waals surface area contributed by atoms with Crippen LogP contribution in [0, 0.1) is 17.0 Å². The SMILES string of the molecule is O=C(Nc1ccc(-c2ccccc2F)c(F)c1)[C@]12C[C@@]1(c1ccncc1)[C@@H]1CC[C@H]2O1. The molecule has 4 nitrogen and oxygen atoms in total. The van der Waals surface area contributed by atoms with Crippen LogP contribution in [0.4, 0.5) is 14.5 Å². The summed E-state index contributed by atoms with van der Waals surface area (Å²) < 4.78 is 35.0. The van der Waals surface area contributed by atoms with E-state index < -0.39 is 17.0 Å². The second-order valence-corrected chi connectivity index (χ2v) is 8.67. The molecular weight excluding hydrogens is 398 g/mol. The van der Waals surface area contributed by atoms with E-state index in [-0.39, 0.29) is 34.7 Å². The zero-order chi connectivity index (χ0) is 21.2. The van der Waals surface area contributed by atoms with Crippen molar-refractivity contribution in [1.29, 1.82) is 0 Å². The van der Waals surface area contributed by atoms with E-state index in [1.807, 2.05) is 12.1 Å². The van der Waals surface area contributed by atoms with Gasteiger partial charge in [0.1, 0.15) is 11.6 Å². The van der Waals surface area contributed by atoms with Gasteiger partial charge in [-0.05, 0) is 61.2 Å². The maximum atomic E-state index is 14.8. The Morgan fingerprint density at radius 1 is 0.968 bits per heavy atom. The lowest BCUT2D eigenvalue weighted by Gasteiger charge is -2.26. The third-order valence-electron chi connectivity index (χ3n) is 7.34. The molecule has 2 aliphatic heterocycles. The van der Waals surface area contributed by atoms with Gasteiger partial charge in [0.05, 0.1) is 17.6 Å². The first-order valence-corrected chi connectivity index (χ1v) is 10.5. The third-order valence-corrected chi connectivity index (χ3v) is 7.34. The highest BCUT2D eigenvalue weighted by Crippen LogP contribution is 2.77. The Bertz CT molecular complexity index is 1200. The number of aromatic nitrogens is 1. The number of carbonyl (C=O) groups excluding carboxylic acids is 1. The number of amides is 1. The van der Waals surface area contributed by atoms with Crippen LogP contribution in [-0.2, 0) is 14.9 Å². The van der Waals surface area contributed by atoms with Gasteiger partial charge in [-0.15, -0.1) is 0 Å². The summed E-state index contributed by atoms with van der Waals surface area (Å²) in [5, 5.41) is 2.91. The Morgan fingerprint density at radius 3 is 2.48 bits per heavy atom. The lowest BCUT2D eigenvalue weighted by Crippen LogP contribution is -2.39. The largest absolute Gasteiger partial charge is 0.373 e. The third kappa shape index (κ3) is 2.42. The average molecular weight is 418 g/mol. The van der Waals surface area contributed by atoms with Crippen LogP contribution in [0.15, 0.2) is 67.0 Å². The molecule has 3 aromatic rings. The number of nitrogens with one attached hydrogen (secondary N) is 1. The molecule has 156 valence electrons. The van der Waals surface area contributed by atoms with Crippen molar-refractivity contribution in [3.05, 3.63) is 84.2 Å². The number of nitrogens with zero attached hydrogens (tertiary/aromatic N) is 1. The molecule has 6 heteroatoms. The van der Waals surface area contributed by atoms with Crippen molar-refractivity contribution in [3.8, 4) is 11.1 Å². The standard InChI is InChI=1S/C25H20F2N2O2/c26-19-4-2-1-3-17(19)18-6-5-16(13-20(18)27)29-23(30)25-14-24(25,15-9-11-28-12-10-15)21-7-8-22(25)31-21/h1-6,9-13,21-22H,7-8,14H2,(H,29,30)/t21-,22+,24+,25+/m0/s1. The van der Waals surface area contributed by atoms with Crippen LogP contribution in [0.25, 0.3) is 11.1 Å². The number of carbonyl (C=O) groups is 1. The van der Waals surface area contributed by atoms with Crippen molar-refractivity contribution in [2.45, 2.75) is 36.9 Å². The molecule has 0 unspecified atom stereocenters. The van der Waals surface area contributed by atoms with Crippen molar-refractivity contribution in [1.82, 2.24) is 4.98 Å². The second kappa shape index (κ2) is 6.44. The minimum absolute atomic E-state index is 0.0193. The number of hydrogen-bond donors (Lipinski definition) is 1. The summed E-state index contributed by atoms with van der Waals surface area (Å²) in [7, 11) is 0. The Hall–Kier alpha value is -3.12. The molecule has 3 aliphatic rings. The summed E-state index contributed by atoms with van der Waals surface area (Å²) in [4.78, 5) is 17.6. The molecule has 0 radical (unpaired) electrons. The number of ether oxygens (including phenoxy) is 1. The quantitative estimate of drug-likeness (QED) is 0.659. The molecular formula is C25H20F2N2O2. The van der Waals surface area contributed by atoms with Crippen LogP contribution in [0.5, 0.6) is 0 Å². The lowest BCUT2D eigenvalue weighted by molar-refractivity contribution is -0.124. The van der Waals surface area contributed by atoms with E-state index in [9.17, 15) is 13.6 Å². The fourth-order valence-electron chi connectivity index (χ4n) is 5.92. The van der Waals surface area contributed by atoms with Crippen molar-refractivity contribution in [3.63, 3.8) is 0 Å². The number of halogens is 2. The minimum atomic E-state index is -0.641. The molecule has 6 rings (SSSR count). The number of hydrogen-bond acceptors (Lipinski definition) is 3. The molecule has 3 fully saturated rings. The highest BCUT2D eigenvalue weighted by atomic mass is 19.1. The van der Waals surface area contributed by atoms with Gasteiger partial charge in [-0.25, -0.2) is 8.78 Å². The van der Waals surface area contributed by atoms with Gasteiger partial charge in [-0.2, -0.15) is 0 Å². The average Bonchev–Trinajstić information content (AvgIpc) is 3.19. The summed E-state index contributed by atoms with van der Waals surface area (Å²) in [6.45, 7) is 0. The summed E-state index contributed by atoms with van der Waals surface area (Å²) in [6.07, 6.45) is 5.89. The van der Waals surface area contributed by atoms with Crippen LogP contribution in [0.2, 0.25) is 0 Å². The van der Waals surface area contributed by atoms with E-state index in [2.05, 4.69) is 10.3 Å². The molecule has 31 heavy (non-hydrogen) atoms. The summed E-state index contributed by atoms with van der Waals surface area (Å²) in [5.74, 6) is -1.22. The fraction of sp³-hybridized carbons (Fsp3) is 0.280. The van der Waals surface area contributed by atoms with Gasteiger partial charge in [-0.3, -0.25) is 9.78 Å². The Labute approximate surface area is 178 Å². The smallest absolute Gasteiger partial charge is 0.234 e. The lowest BCUT2D eigenvalue weighted by atomic mass is 9.75. The van der Waals surface area contributed by atoms with E-state index >= 15 is 0 Å². The molecule has 1 N–H and O–H groups in total. The van der Waals surface area contributed by atoms with Crippen LogP contribution in [0.1, 0.15) is 24.8 Å². The van der Waals surface area contributed by atoms with E-state index in [0.717, 1.165) is 24.8 Å². The zero-order valence-corrected chi connectivity index (χ0v) is 16.6. The number of benzene rings is 2. The maximum absolute atomic E-state index is 14.8. The van der Waals surface area contributed by atoms with Gasteiger partial charge in [-0.1, -0.05) is 18.2 Å². The van der Waals surface area contributed by atoms with E-state index in [1.54, 1.807) is 30.6 Å². The highest BCUT2D eigenvalue weighted by molar-refractivity contribution is 6.01. The Balaban J connectivity index is 1.30. The van der Waals surface area contributed by atoms with Crippen LogP contribution < -0.4 is 5.32 Å². The van der Waals surface area contributed by atoms with Crippen LogP contribution in [0.3, 0.4) is 0 Å². The van der Waals surface area contributed by atoms with Gasteiger partial charge in [0.25, 0.3) is 0 Å². The van der Waals surface area contributed by atoms with Crippen molar-refractivity contribution in [2.24, 2.45) is 5.41 Å². The summed E-state index contributed by atoms with van der Waals surface area (Å²) in [5.41, 5.74) is 0.806. The molecule has 1 saturated carbocycles. The molecule has 4 atom stereocenters. The second-order valence-electron chi connectivity index (χ2n) is 8.67. The number of pyridine rings is 1. The summed E-state index contributed by atoms with van der Waals surface area (Å²) in [6, 6.07) is 14.3. The van der Waals surface area contributed by atoms with Crippen molar-refractivity contribution in [2.75, 3.05) is 5.32 Å². The molecule has 1 aromatic heterocycles. The topological polar surface area (TPSA) is 51.2 Å². The molecule has 1 amide bonds. The molecule has 1 aliphatic carbocycles. The molecule has 2 bridgehead atoms. The predicted molar refractivity (Wildman–Crippen MR) is 111 cm³/mol. The number of anilines is 1. The van der Waals surface area contributed by atoms with E-state index in [0.29, 0.717) is 5.69 Å². The molecule has 0 spiro atoms. The van der Waals surface area contributed by atoms with Gasteiger partial charge >= 0.3 is 0 Å². The Morgan fingerprint density at radius 2 is 1.71 bits per heavy atom. The molecule has 3 heterocycles. The zero-order valence-electron chi connectivity index (χ0n) is 16.6. The predicted octanol–water partition coefficient (Wildman–Crippen LogP) is 4.85. The monoisotopic (exact) mass is 418 g/mol. The Kier molecular flexibility index (Phi) is 3.87.